The van der Waals surface area contributed by atoms with E-state index in [1.807, 2.05) is 18.3 Å². The second-order valence-electron chi connectivity index (χ2n) is 8.05. The van der Waals surface area contributed by atoms with Crippen molar-refractivity contribution in [2.45, 2.75) is 12.8 Å². The highest BCUT2D eigenvalue weighted by atomic mass is 15.2. The molecule has 1 aromatic heterocycles. The summed E-state index contributed by atoms with van der Waals surface area (Å²) in [5.41, 5.74) is 10.4. The van der Waals surface area contributed by atoms with E-state index in [9.17, 15) is 0 Å². The quantitative estimate of drug-likeness (QED) is 0.521. The highest BCUT2D eigenvalue weighted by Gasteiger charge is 2.20. The van der Waals surface area contributed by atoms with Crippen molar-refractivity contribution in [1.82, 2.24) is 9.97 Å². The van der Waals surface area contributed by atoms with Crippen LogP contribution >= 0.6 is 0 Å². The van der Waals surface area contributed by atoms with Gasteiger partial charge in [0.25, 0.3) is 0 Å². The van der Waals surface area contributed by atoms with Crippen LogP contribution in [0.25, 0.3) is 33.2 Å². The summed E-state index contributed by atoms with van der Waals surface area (Å²) in [5.74, 6) is 1.45. The lowest BCUT2D eigenvalue weighted by atomic mass is 9.97. The summed E-state index contributed by atoms with van der Waals surface area (Å²) in [6, 6.07) is 25.7. The summed E-state index contributed by atoms with van der Waals surface area (Å²) in [6.45, 7) is 2.73. The minimum absolute atomic E-state index is 0.630. The van der Waals surface area contributed by atoms with Crippen molar-refractivity contribution in [3.05, 3.63) is 79.0 Å². The van der Waals surface area contributed by atoms with E-state index >= 15 is 0 Å². The predicted molar refractivity (Wildman–Crippen MR) is 124 cm³/mol. The molecule has 0 aliphatic carbocycles. The zero-order valence-electron chi connectivity index (χ0n) is 17.0. The number of aromatic nitrogens is 2. The van der Waals surface area contributed by atoms with E-state index in [0.717, 1.165) is 49.7 Å². The number of piperidine rings is 1. The second-order valence-corrected chi connectivity index (χ2v) is 8.05. The number of rotatable bonds is 4. The van der Waals surface area contributed by atoms with Crippen LogP contribution in [-0.4, -0.2) is 29.6 Å². The molecule has 2 heterocycles. The smallest absolute Gasteiger partial charge is 0.225 e. The highest BCUT2D eigenvalue weighted by Crippen LogP contribution is 2.29. The number of benzene rings is 3. The molecule has 0 spiro atoms. The number of nitrogens with two attached hydrogens (primary N) is 1. The fraction of sp³-hybridized carbons (Fsp3) is 0.231. The molecule has 1 fully saturated rings. The minimum atomic E-state index is 0.630. The maximum absolute atomic E-state index is 5.83. The van der Waals surface area contributed by atoms with Crippen molar-refractivity contribution < 1.29 is 0 Å². The normalized spacial score (nSPS) is 14.9. The monoisotopic (exact) mass is 394 g/mol. The average Bonchev–Trinajstić information content (AvgIpc) is 2.84. The molecule has 0 saturated carbocycles. The van der Waals surface area contributed by atoms with E-state index < -0.39 is 0 Å². The molecule has 0 amide bonds. The van der Waals surface area contributed by atoms with Crippen LogP contribution in [0.1, 0.15) is 12.8 Å². The summed E-state index contributed by atoms with van der Waals surface area (Å²) in [7, 11) is 0. The average molecular weight is 395 g/mol. The Kier molecular flexibility index (Phi) is 5.16. The van der Waals surface area contributed by atoms with Gasteiger partial charge in [-0.2, -0.15) is 0 Å². The summed E-state index contributed by atoms with van der Waals surface area (Å²) in [4.78, 5) is 11.7. The van der Waals surface area contributed by atoms with Crippen molar-refractivity contribution in [3.63, 3.8) is 0 Å². The van der Waals surface area contributed by atoms with Gasteiger partial charge in [0.05, 0.1) is 5.69 Å². The molecule has 0 atom stereocenters. The number of hydrogen-bond donors (Lipinski definition) is 1. The lowest BCUT2D eigenvalue weighted by molar-refractivity contribution is 0.411. The Bertz CT molecular complexity index is 1150. The van der Waals surface area contributed by atoms with Gasteiger partial charge >= 0.3 is 0 Å². The fourth-order valence-corrected chi connectivity index (χ4v) is 4.25. The van der Waals surface area contributed by atoms with Gasteiger partial charge in [-0.3, -0.25) is 0 Å². The molecule has 150 valence electrons. The third-order valence-electron chi connectivity index (χ3n) is 6.12. The molecule has 5 rings (SSSR count). The standard InChI is InChI=1S/C26H26N4/c27-18-19-11-14-30(15-12-19)26-28-13-10-25(29-26)24-9-8-22-16-21(6-7-23(22)17-24)20-4-2-1-3-5-20/h1-10,13,16-17,19H,11-12,14-15,18,27H2. The first-order valence-corrected chi connectivity index (χ1v) is 10.7. The largest absolute Gasteiger partial charge is 0.341 e. The predicted octanol–water partition coefficient (Wildman–Crippen LogP) is 5.14. The minimum Gasteiger partial charge on any atom is -0.341 e. The van der Waals surface area contributed by atoms with E-state index in [2.05, 4.69) is 70.5 Å². The fourth-order valence-electron chi connectivity index (χ4n) is 4.25. The Morgan fingerprint density at radius 2 is 1.50 bits per heavy atom. The van der Waals surface area contributed by atoms with Crippen LogP contribution in [0, 0.1) is 5.92 Å². The molecular formula is C26H26N4. The molecule has 0 unspecified atom stereocenters. The van der Waals surface area contributed by atoms with Crippen LogP contribution in [0.4, 0.5) is 5.95 Å². The zero-order chi connectivity index (χ0) is 20.3. The van der Waals surface area contributed by atoms with Gasteiger partial charge in [0.2, 0.25) is 5.95 Å². The first-order chi connectivity index (χ1) is 14.8. The molecular weight excluding hydrogens is 368 g/mol. The van der Waals surface area contributed by atoms with Gasteiger partial charge in [-0.25, -0.2) is 9.97 Å². The Hall–Kier alpha value is -3.24. The molecule has 30 heavy (non-hydrogen) atoms. The van der Waals surface area contributed by atoms with Crippen molar-refractivity contribution in [3.8, 4) is 22.4 Å². The first-order valence-electron chi connectivity index (χ1n) is 10.7. The zero-order valence-corrected chi connectivity index (χ0v) is 17.0. The van der Waals surface area contributed by atoms with Gasteiger partial charge in [0.1, 0.15) is 0 Å². The van der Waals surface area contributed by atoms with Crippen LogP contribution in [0.2, 0.25) is 0 Å². The van der Waals surface area contributed by atoms with E-state index in [1.54, 1.807) is 0 Å². The summed E-state index contributed by atoms with van der Waals surface area (Å²) in [5, 5.41) is 2.45. The Morgan fingerprint density at radius 3 is 2.23 bits per heavy atom. The van der Waals surface area contributed by atoms with Crippen molar-refractivity contribution in [2.75, 3.05) is 24.5 Å². The molecule has 0 radical (unpaired) electrons. The van der Waals surface area contributed by atoms with Gasteiger partial charge < -0.3 is 10.6 Å². The van der Waals surface area contributed by atoms with Crippen LogP contribution in [0.15, 0.2) is 79.0 Å². The van der Waals surface area contributed by atoms with Crippen molar-refractivity contribution in [2.24, 2.45) is 11.7 Å². The Morgan fingerprint density at radius 1 is 0.800 bits per heavy atom. The van der Waals surface area contributed by atoms with E-state index in [1.165, 1.54) is 21.9 Å². The SMILES string of the molecule is NCC1CCN(c2nccc(-c3ccc4cc(-c5ccccc5)ccc4c3)n2)CC1. The molecule has 0 bridgehead atoms. The maximum atomic E-state index is 5.83. The van der Waals surface area contributed by atoms with Gasteiger partial charge in [0.15, 0.2) is 0 Å². The van der Waals surface area contributed by atoms with Crippen molar-refractivity contribution in [1.29, 1.82) is 0 Å². The second kappa shape index (κ2) is 8.25. The Labute approximate surface area is 177 Å². The maximum Gasteiger partial charge on any atom is 0.225 e. The molecule has 4 aromatic rings. The molecule has 1 saturated heterocycles. The number of hydrogen-bond acceptors (Lipinski definition) is 4. The topological polar surface area (TPSA) is 55.0 Å². The Balaban J connectivity index is 1.42. The first kappa shape index (κ1) is 18.8. The third kappa shape index (κ3) is 3.79. The van der Waals surface area contributed by atoms with Crippen LogP contribution in [0.5, 0.6) is 0 Å². The number of anilines is 1. The van der Waals surface area contributed by atoms with E-state index in [-0.39, 0.29) is 0 Å². The summed E-state index contributed by atoms with van der Waals surface area (Å²) >= 11 is 0. The molecule has 1 aliphatic rings. The van der Waals surface area contributed by atoms with Crippen LogP contribution in [0.3, 0.4) is 0 Å². The van der Waals surface area contributed by atoms with Gasteiger partial charge in [-0.1, -0.05) is 54.6 Å². The van der Waals surface area contributed by atoms with Crippen LogP contribution < -0.4 is 10.6 Å². The lowest BCUT2D eigenvalue weighted by Gasteiger charge is -2.31. The third-order valence-corrected chi connectivity index (χ3v) is 6.12. The van der Waals surface area contributed by atoms with Gasteiger partial charge in [-0.05, 0) is 65.4 Å². The molecule has 1 aliphatic heterocycles. The van der Waals surface area contributed by atoms with E-state index in [0.29, 0.717) is 5.92 Å². The van der Waals surface area contributed by atoms with Crippen LogP contribution in [-0.2, 0) is 0 Å². The lowest BCUT2D eigenvalue weighted by Crippen LogP contribution is -2.37. The molecule has 4 heteroatoms. The molecule has 4 nitrogen and oxygen atoms in total. The van der Waals surface area contributed by atoms with Gasteiger partial charge in [0, 0.05) is 24.8 Å². The highest BCUT2D eigenvalue weighted by molar-refractivity contribution is 5.90. The van der Waals surface area contributed by atoms with Gasteiger partial charge in [-0.15, -0.1) is 0 Å². The number of fused-ring (bicyclic) bond motifs is 1. The van der Waals surface area contributed by atoms with E-state index in [4.69, 9.17) is 10.7 Å². The molecule has 2 N–H and O–H groups in total. The molecule has 3 aromatic carbocycles. The summed E-state index contributed by atoms with van der Waals surface area (Å²) in [6.07, 6.45) is 4.10. The number of nitrogens with zero attached hydrogens (tertiary/aromatic N) is 3. The van der Waals surface area contributed by atoms with Crippen molar-refractivity contribution >= 4 is 16.7 Å². The summed E-state index contributed by atoms with van der Waals surface area (Å²) < 4.78 is 0.